The van der Waals surface area contributed by atoms with Crippen LogP contribution in [0.15, 0.2) is 0 Å². The van der Waals surface area contributed by atoms with Crippen molar-refractivity contribution in [2.75, 3.05) is 26.3 Å². The highest BCUT2D eigenvalue weighted by Crippen LogP contribution is 2.36. The zero-order chi connectivity index (χ0) is 16.5. The summed E-state index contributed by atoms with van der Waals surface area (Å²) in [4.78, 5) is 29.7. The van der Waals surface area contributed by atoms with Gasteiger partial charge in [-0.25, -0.2) is 0 Å². The zero-order valence-corrected chi connectivity index (χ0v) is 14.6. The van der Waals surface area contributed by atoms with Crippen molar-refractivity contribution in [3.8, 4) is 0 Å². The van der Waals surface area contributed by atoms with Gasteiger partial charge < -0.3 is 14.5 Å². The van der Waals surface area contributed by atoms with Crippen molar-refractivity contribution in [1.29, 1.82) is 0 Å². The van der Waals surface area contributed by atoms with Crippen LogP contribution in [0.3, 0.4) is 0 Å². The highest BCUT2D eigenvalue weighted by atomic mass is 16.5. The van der Waals surface area contributed by atoms with Crippen LogP contribution in [0.4, 0.5) is 0 Å². The number of nitrogens with zero attached hydrogens (tertiary/aromatic N) is 2. The van der Waals surface area contributed by atoms with Gasteiger partial charge in [0, 0.05) is 50.7 Å². The third-order valence-electron chi connectivity index (χ3n) is 6.07. The van der Waals surface area contributed by atoms with E-state index in [-0.39, 0.29) is 12.0 Å². The molecule has 2 saturated carbocycles. The molecule has 2 aliphatic carbocycles. The minimum absolute atomic E-state index is 0.220. The number of ether oxygens (including phenoxy) is 1. The van der Waals surface area contributed by atoms with Gasteiger partial charge in [0.1, 0.15) is 0 Å². The average molecular weight is 334 g/mol. The van der Waals surface area contributed by atoms with Gasteiger partial charge in [-0.15, -0.1) is 0 Å². The van der Waals surface area contributed by atoms with E-state index in [2.05, 4.69) is 4.90 Å². The normalized spacial score (nSPS) is 28.7. The van der Waals surface area contributed by atoms with Gasteiger partial charge in [0.25, 0.3) is 0 Å². The molecular weight excluding hydrogens is 304 g/mol. The van der Waals surface area contributed by atoms with Crippen molar-refractivity contribution >= 4 is 11.8 Å². The van der Waals surface area contributed by atoms with E-state index >= 15 is 0 Å². The van der Waals surface area contributed by atoms with Crippen molar-refractivity contribution < 1.29 is 14.3 Å². The second-order valence-electron chi connectivity index (χ2n) is 8.15. The fourth-order valence-electron chi connectivity index (χ4n) is 4.27. The molecule has 0 N–H and O–H groups in total. The highest BCUT2D eigenvalue weighted by Gasteiger charge is 2.41. The molecule has 0 radical (unpaired) electrons. The third kappa shape index (κ3) is 3.76. The maximum absolute atomic E-state index is 12.9. The van der Waals surface area contributed by atoms with E-state index in [1.54, 1.807) is 0 Å². The first kappa shape index (κ1) is 16.4. The number of amides is 2. The monoisotopic (exact) mass is 334 g/mol. The molecule has 2 amide bonds. The van der Waals surface area contributed by atoms with Crippen LogP contribution in [-0.2, 0) is 14.3 Å². The number of piperidine rings is 1. The SMILES string of the molecule is O=C(CC1CC1)N1CCCC(N(C(=O)C2CC2)C2CCOCC2)C1. The molecular formula is C19H30N2O3. The molecule has 4 fully saturated rings. The Labute approximate surface area is 144 Å². The number of carbonyl (C=O) groups is 2. The van der Waals surface area contributed by atoms with E-state index in [1.165, 1.54) is 12.8 Å². The Hall–Kier alpha value is -1.10. The van der Waals surface area contributed by atoms with Crippen molar-refractivity contribution in [2.45, 2.75) is 69.9 Å². The topological polar surface area (TPSA) is 49.9 Å². The molecule has 5 heteroatoms. The van der Waals surface area contributed by atoms with Crippen LogP contribution in [0.2, 0.25) is 0 Å². The molecule has 0 aromatic heterocycles. The standard InChI is InChI=1S/C19H30N2O3/c22-18(12-14-3-4-14)20-9-1-2-17(13-20)21(19(23)15-5-6-15)16-7-10-24-11-8-16/h14-17H,1-13H2. The van der Waals surface area contributed by atoms with Gasteiger partial charge in [0.2, 0.25) is 11.8 Å². The second kappa shape index (κ2) is 7.03. The second-order valence-corrected chi connectivity index (χ2v) is 8.15. The summed E-state index contributed by atoms with van der Waals surface area (Å²) in [6, 6.07) is 0.536. The lowest BCUT2D eigenvalue weighted by Gasteiger charge is -2.44. The first-order chi connectivity index (χ1) is 11.7. The number of carbonyl (C=O) groups excluding carboxylic acids is 2. The van der Waals surface area contributed by atoms with Crippen molar-refractivity contribution in [1.82, 2.24) is 9.80 Å². The first-order valence-corrected chi connectivity index (χ1v) is 9.90. The summed E-state index contributed by atoms with van der Waals surface area (Å²) in [7, 11) is 0. The number of rotatable bonds is 5. The molecule has 4 rings (SSSR count). The van der Waals surface area contributed by atoms with Gasteiger partial charge in [-0.1, -0.05) is 0 Å². The van der Waals surface area contributed by atoms with E-state index in [0.717, 1.165) is 71.2 Å². The van der Waals surface area contributed by atoms with Crippen molar-refractivity contribution in [2.24, 2.45) is 11.8 Å². The molecule has 134 valence electrons. The zero-order valence-electron chi connectivity index (χ0n) is 14.6. The summed E-state index contributed by atoms with van der Waals surface area (Å²) in [6.45, 7) is 3.15. The minimum Gasteiger partial charge on any atom is -0.381 e. The summed E-state index contributed by atoms with van der Waals surface area (Å²) in [5, 5.41) is 0. The van der Waals surface area contributed by atoms with Gasteiger partial charge in [0.15, 0.2) is 0 Å². The smallest absolute Gasteiger partial charge is 0.226 e. The maximum atomic E-state index is 12.9. The van der Waals surface area contributed by atoms with Gasteiger partial charge in [0.05, 0.1) is 0 Å². The quantitative estimate of drug-likeness (QED) is 0.774. The Morgan fingerprint density at radius 3 is 2.38 bits per heavy atom. The molecule has 1 unspecified atom stereocenters. The summed E-state index contributed by atoms with van der Waals surface area (Å²) < 4.78 is 5.50. The van der Waals surface area contributed by atoms with Gasteiger partial charge in [-0.3, -0.25) is 9.59 Å². The molecule has 1 atom stereocenters. The van der Waals surface area contributed by atoms with Crippen LogP contribution in [-0.4, -0.2) is 60.0 Å². The van der Waals surface area contributed by atoms with E-state index in [9.17, 15) is 9.59 Å². The lowest BCUT2D eigenvalue weighted by molar-refractivity contribution is -0.145. The molecule has 2 heterocycles. The average Bonchev–Trinajstić information content (AvgIpc) is 3.50. The van der Waals surface area contributed by atoms with Crippen molar-refractivity contribution in [3.05, 3.63) is 0 Å². The Morgan fingerprint density at radius 1 is 0.958 bits per heavy atom. The van der Waals surface area contributed by atoms with Crippen LogP contribution >= 0.6 is 0 Å². The first-order valence-electron chi connectivity index (χ1n) is 9.90. The summed E-state index contributed by atoms with van der Waals surface area (Å²) >= 11 is 0. The summed E-state index contributed by atoms with van der Waals surface area (Å²) in [6.07, 6.45) is 9.23. The molecule has 0 bridgehead atoms. The Balaban J connectivity index is 1.44. The van der Waals surface area contributed by atoms with E-state index in [0.29, 0.717) is 23.8 Å². The van der Waals surface area contributed by atoms with Crippen LogP contribution in [0.1, 0.15) is 57.8 Å². The number of hydrogen-bond donors (Lipinski definition) is 0. The highest BCUT2D eigenvalue weighted by molar-refractivity contribution is 5.82. The van der Waals surface area contributed by atoms with Crippen LogP contribution in [0.25, 0.3) is 0 Å². The Morgan fingerprint density at radius 2 is 1.71 bits per heavy atom. The lowest BCUT2D eigenvalue weighted by Crippen LogP contribution is -2.56. The molecule has 0 aromatic carbocycles. The fraction of sp³-hybridized carbons (Fsp3) is 0.895. The largest absolute Gasteiger partial charge is 0.381 e. The minimum atomic E-state index is 0.220. The lowest BCUT2D eigenvalue weighted by atomic mass is 9.97. The third-order valence-corrected chi connectivity index (χ3v) is 6.07. The van der Waals surface area contributed by atoms with Gasteiger partial charge in [-0.2, -0.15) is 0 Å². The van der Waals surface area contributed by atoms with Crippen LogP contribution in [0.5, 0.6) is 0 Å². The Kier molecular flexibility index (Phi) is 4.79. The summed E-state index contributed by atoms with van der Waals surface area (Å²) in [5.41, 5.74) is 0. The van der Waals surface area contributed by atoms with E-state index in [1.807, 2.05) is 4.90 Å². The fourth-order valence-corrected chi connectivity index (χ4v) is 4.27. The van der Waals surface area contributed by atoms with E-state index < -0.39 is 0 Å². The van der Waals surface area contributed by atoms with E-state index in [4.69, 9.17) is 4.74 Å². The molecule has 4 aliphatic rings. The van der Waals surface area contributed by atoms with Gasteiger partial charge >= 0.3 is 0 Å². The molecule has 2 aliphatic heterocycles. The van der Waals surface area contributed by atoms with Crippen LogP contribution < -0.4 is 0 Å². The predicted molar refractivity (Wildman–Crippen MR) is 90.4 cm³/mol. The molecule has 2 saturated heterocycles. The van der Waals surface area contributed by atoms with Crippen molar-refractivity contribution in [3.63, 3.8) is 0 Å². The molecule has 5 nitrogen and oxygen atoms in total. The number of hydrogen-bond acceptors (Lipinski definition) is 3. The molecule has 24 heavy (non-hydrogen) atoms. The van der Waals surface area contributed by atoms with Crippen LogP contribution in [0, 0.1) is 11.8 Å². The van der Waals surface area contributed by atoms with Gasteiger partial charge in [-0.05, 0) is 57.3 Å². The maximum Gasteiger partial charge on any atom is 0.226 e. The molecule has 0 spiro atoms. The number of likely N-dealkylation sites (tertiary alicyclic amines) is 1. The summed E-state index contributed by atoms with van der Waals surface area (Å²) in [5.74, 6) is 1.55. The predicted octanol–water partition coefficient (Wildman–Crippen LogP) is 2.20. The Bertz CT molecular complexity index is 481. The molecule has 0 aromatic rings.